The fraction of sp³-hybridized carbons (Fsp3) is 0.951. The Labute approximate surface area is 437 Å². The molecule has 3 unspecified atom stereocenters. The van der Waals surface area contributed by atoms with Crippen molar-refractivity contribution in [1.29, 1.82) is 0 Å². The number of phosphoric ester groups is 1. The highest BCUT2D eigenvalue weighted by Gasteiger charge is 2.28. The van der Waals surface area contributed by atoms with Crippen LogP contribution in [0, 0.1) is 0 Å². The maximum atomic E-state index is 13.0. The molecule has 0 spiro atoms. The van der Waals surface area contributed by atoms with Gasteiger partial charge in [0.2, 0.25) is 5.91 Å². The van der Waals surface area contributed by atoms with Crippen LogP contribution in [0.1, 0.15) is 322 Å². The lowest BCUT2D eigenvalue weighted by Gasteiger charge is -2.26. The maximum absolute atomic E-state index is 13.0. The zero-order valence-corrected chi connectivity index (χ0v) is 48.7. The molecular weight excluding hydrogens is 888 g/mol. The highest BCUT2D eigenvalue weighted by Crippen LogP contribution is 2.43. The molecule has 0 aliphatic rings. The Morgan fingerprint density at radius 3 is 1.10 bits per heavy atom. The minimum Gasteiger partial charge on any atom is -0.391 e. The fourth-order valence-electron chi connectivity index (χ4n) is 9.63. The molecule has 0 aromatic rings. The number of hydrogen-bond donors (Lipinski definition) is 3. The minimum absolute atomic E-state index is 0.0780. The van der Waals surface area contributed by atoms with Crippen LogP contribution in [0.3, 0.4) is 0 Å². The van der Waals surface area contributed by atoms with E-state index in [9.17, 15) is 19.4 Å². The lowest BCUT2D eigenvalue weighted by Crippen LogP contribution is -2.46. The topological polar surface area (TPSA) is 105 Å². The van der Waals surface area contributed by atoms with E-state index in [2.05, 4.69) is 31.3 Å². The molecule has 3 atom stereocenters. The van der Waals surface area contributed by atoms with E-state index in [0.29, 0.717) is 23.9 Å². The molecule has 70 heavy (non-hydrogen) atoms. The van der Waals surface area contributed by atoms with Gasteiger partial charge in [0.25, 0.3) is 0 Å². The number of nitrogens with zero attached hydrogens (tertiary/aromatic N) is 1. The minimum atomic E-state index is -4.32. The average Bonchev–Trinajstić information content (AvgIpc) is 3.32. The Hall–Kier alpha value is -0.760. The number of aliphatic hydroxyl groups is 1. The number of carbonyl (C=O) groups excluding carboxylic acids is 1. The summed E-state index contributed by atoms with van der Waals surface area (Å²) in [6.45, 7) is 4.94. The molecule has 0 aromatic carbocycles. The highest BCUT2D eigenvalue weighted by atomic mass is 31.2. The van der Waals surface area contributed by atoms with Gasteiger partial charge in [-0.15, -0.1) is 0 Å². The number of aliphatic hydroxyl groups excluding tert-OH is 1. The van der Waals surface area contributed by atoms with E-state index in [-0.39, 0.29) is 19.1 Å². The van der Waals surface area contributed by atoms with Gasteiger partial charge in [0, 0.05) is 6.42 Å². The smallest absolute Gasteiger partial charge is 0.391 e. The molecule has 9 heteroatoms. The van der Waals surface area contributed by atoms with Crippen molar-refractivity contribution in [2.45, 2.75) is 334 Å². The molecule has 0 fully saturated rings. The van der Waals surface area contributed by atoms with Crippen molar-refractivity contribution >= 4 is 13.7 Å². The molecule has 0 bridgehead atoms. The summed E-state index contributed by atoms with van der Waals surface area (Å²) in [6, 6.07) is -0.757. The molecule has 8 nitrogen and oxygen atoms in total. The number of amides is 1. The van der Waals surface area contributed by atoms with E-state index < -0.39 is 20.0 Å². The summed E-state index contributed by atoms with van der Waals surface area (Å²) in [7, 11) is 1.63. The third-order valence-electron chi connectivity index (χ3n) is 14.5. The first-order valence-electron chi connectivity index (χ1n) is 31.1. The zero-order chi connectivity index (χ0) is 51.3. The number of carbonyl (C=O) groups is 1. The molecule has 1 amide bonds. The van der Waals surface area contributed by atoms with Crippen LogP contribution in [-0.2, 0) is 18.4 Å². The normalized spacial score (nSPS) is 13.9. The van der Waals surface area contributed by atoms with Crippen LogP contribution in [-0.4, -0.2) is 73.4 Å². The van der Waals surface area contributed by atoms with Gasteiger partial charge < -0.3 is 19.8 Å². The number of phosphoric acid groups is 1. The number of hydrogen-bond acceptors (Lipinski definition) is 5. The van der Waals surface area contributed by atoms with Crippen LogP contribution >= 0.6 is 7.82 Å². The number of quaternary nitrogens is 1. The van der Waals surface area contributed by atoms with Crippen molar-refractivity contribution in [2.75, 3.05) is 40.9 Å². The zero-order valence-electron chi connectivity index (χ0n) is 47.8. The van der Waals surface area contributed by atoms with Crippen molar-refractivity contribution in [2.24, 2.45) is 0 Å². The summed E-state index contributed by atoms with van der Waals surface area (Å²) in [5.74, 6) is -0.137. The van der Waals surface area contributed by atoms with Gasteiger partial charge in [-0.25, -0.2) is 4.57 Å². The van der Waals surface area contributed by atoms with Crippen LogP contribution in [0.5, 0.6) is 0 Å². The predicted molar refractivity (Wildman–Crippen MR) is 305 cm³/mol. The largest absolute Gasteiger partial charge is 0.472 e. The summed E-state index contributed by atoms with van der Waals surface area (Å²) in [5, 5.41) is 14.1. The fourth-order valence-corrected chi connectivity index (χ4v) is 10.4. The molecule has 0 aliphatic carbocycles. The van der Waals surface area contributed by atoms with Gasteiger partial charge in [0.05, 0.1) is 39.9 Å². The standard InChI is InChI=1S/C61H123N2O6P/c1-6-8-10-12-14-16-18-20-22-24-26-27-28-29-30-31-32-33-34-35-37-39-41-43-45-47-49-51-53-55-61(65)62-59(58-69-70(66,67)68-57-56-63(3,4)5)60(64)54-52-50-48-46-44-42-40-38-36-25-23-21-19-17-15-13-11-9-7-2/h24,26,59-60,64H,6-23,25,27-58H2,1-5H3,(H-,62,65,66,67)/p+1/b26-24-. The van der Waals surface area contributed by atoms with E-state index in [1.54, 1.807) is 0 Å². The number of nitrogens with one attached hydrogen (secondary N) is 1. The Morgan fingerprint density at radius 2 is 0.771 bits per heavy atom. The summed E-state index contributed by atoms with van der Waals surface area (Å²) >= 11 is 0. The van der Waals surface area contributed by atoms with Crippen molar-refractivity contribution in [1.82, 2.24) is 5.32 Å². The first kappa shape index (κ1) is 69.2. The number of likely N-dealkylation sites (N-methyl/N-ethyl adjacent to an activating group) is 1. The van der Waals surface area contributed by atoms with Crippen LogP contribution < -0.4 is 5.32 Å². The van der Waals surface area contributed by atoms with Crippen molar-refractivity contribution in [3.05, 3.63) is 12.2 Å². The van der Waals surface area contributed by atoms with Crippen molar-refractivity contribution < 1.29 is 32.9 Å². The van der Waals surface area contributed by atoms with E-state index >= 15 is 0 Å². The first-order chi connectivity index (χ1) is 34.0. The molecule has 0 saturated carbocycles. The van der Waals surface area contributed by atoms with E-state index in [4.69, 9.17) is 9.05 Å². The molecule has 0 aromatic heterocycles. The molecule has 0 rings (SSSR count). The van der Waals surface area contributed by atoms with Gasteiger partial charge >= 0.3 is 7.82 Å². The highest BCUT2D eigenvalue weighted by molar-refractivity contribution is 7.47. The Kier molecular flexibility index (Phi) is 52.5. The molecule has 0 saturated heterocycles. The summed E-state index contributed by atoms with van der Waals surface area (Å²) in [5.41, 5.74) is 0. The summed E-state index contributed by atoms with van der Waals surface area (Å²) in [4.78, 5) is 23.4. The predicted octanol–water partition coefficient (Wildman–Crippen LogP) is 19.0. The first-order valence-corrected chi connectivity index (χ1v) is 32.5. The van der Waals surface area contributed by atoms with Gasteiger partial charge in [-0.3, -0.25) is 13.8 Å². The lowest BCUT2D eigenvalue weighted by atomic mass is 10.0. The number of rotatable bonds is 58. The number of allylic oxidation sites excluding steroid dienone is 2. The molecule has 418 valence electrons. The molecular formula is C61H124N2O6P+. The van der Waals surface area contributed by atoms with Gasteiger partial charge in [-0.2, -0.15) is 0 Å². The maximum Gasteiger partial charge on any atom is 0.472 e. The lowest BCUT2D eigenvalue weighted by molar-refractivity contribution is -0.870. The molecule has 0 aliphatic heterocycles. The summed E-state index contributed by atoms with van der Waals surface area (Å²) < 4.78 is 23.8. The van der Waals surface area contributed by atoms with Gasteiger partial charge in [0.15, 0.2) is 0 Å². The second-order valence-corrected chi connectivity index (χ2v) is 24.2. The molecule has 3 N–H and O–H groups in total. The van der Waals surface area contributed by atoms with Crippen LogP contribution in [0.15, 0.2) is 12.2 Å². The Morgan fingerprint density at radius 1 is 0.471 bits per heavy atom. The van der Waals surface area contributed by atoms with Crippen molar-refractivity contribution in [3.8, 4) is 0 Å². The SMILES string of the molecule is CCCCCCCCCC/C=C\CCCCCCCCCCCCCCCCCCCC(=O)NC(COP(=O)(O)OCC[N+](C)(C)C)C(O)CCCCCCCCCCCCCCCCCCCCC. The van der Waals surface area contributed by atoms with Crippen molar-refractivity contribution in [3.63, 3.8) is 0 Å². The second kappa shape index (κ2) is 53.1. The Bertz CT molecular complexity index is 1150. The average molecular weight is 1010 g/mol. The van der Waals surface area contributed by atoms with E-state index in [1.165, 1.54) is 257 Å². The quantitative estimate of drug-likeness (QED) is 0.0243. The van der Waals surface area contributed by atoms with Gasteiger partial charge in [-0.1, -0.05) is 289 Å². The number of unbranched alkanes of at least 4 members (excludes halogenated alkanes) is 43. The van der Waals surface area contributed by atoms with Gasteiger partial charge in [-0.05, 0) is 38.5 Å². The summed E-state index contributed by atoms with van der Waals surface area (Å²) in [6.07, 6.45) is 65.7. The third-order valence-corrected chi connectivity index (χ3v) is 15.5. The van der Waals surface area contributed by atoms with E-state index in [0.717, 1.165) is 38.5 Å². The van der Waals surface area contributed by atoms with Crippen LogP contribution in [0.25, 0.3) is 0 Å². The van der Waals surface area contributed by atoms with Crippen LogP contribution in [0.4, 0.5) is 0 Å². The molecule has 0 heterocycles. The van der Waals surface area contributed by atoms with Gasteiger partial charge in [0.1, 0.15) is 13.2 Å². The monoisotopic (exact) mass is 1010 g/mol. The Balaban J connectivity index is 4.05. The van der Waals surface area contributed by atoms with Crippen LogP contribution in [0.2, 0.25) is 0 Å². The van der Waals surface area contributed by atoms with E-state index in [1.807, 2.05) is 21.1 Å². The molecule has 0 radical (unpaired) electrons. The second-order valence-electron chi connectivity index (χ2n) is 22.8. The third kappa shape index (κ3) is 55.0.